The van der Waals surface area contributed by atoms with Crippen molar-refractivity contribution in [2.75, 3.05) is 32.7 Å². The number of unbranched alkanes of at least 4 members (excludes halogenated alkanes) is 4. The SMILES string of the molecule is CCCCCCCC(c1ccc(F)cc1)N1CCN(C(=O)NCC)CC1. The molecule has 1 aromatic carbocycles. The molecule has 1 aliphatic rings. The van der Waals surface area contributed by atoms with Crippen LogP contribution in [0.1, 0.15) is 64.0 Å². The van der Waals surface area contributed by atoms with Gasteiger partial charge in [0.15, 0.2) is 0 Å². The average Bonchev–Trinajstić information content (AvgIpc) is 2.66. The summed E-state index contributed by atoms with van der Waals surface area (Å²) in [5.41, 5.74) is 1.19. The maximum Gasteiger partial charge on any atom is 0.317 e. The molecule has 1 aliphatic heterocycles. The summed E-state index contributed by atoms with van der Waals surface area (Å²) in [4.78, 5) is 16.4. The lowest BCUT2D eigenvalue weighted by Crippen LogP contribution is -2.52. The minimum Gasteiger partial charge on any atom is -0.338 e. The van der Waals surface area contributed by atoms with Gasteiger partial charge < -0.3 is 10.2 Å². The molecule has 1 atom stereocenters. The summed E-state index contributed by atoms with van der Waals surface area (Å²) in [7, 11) is 0. The van der Waals surface area contributed by atoms with Crippen LogP contribution < -0.4 is 5.32 Å². The lowest BCUT2D eigenvalue weighted by molar-refractivity contribution is 0.103. The molecular formula is C21H34FN3O. The van der Waals surface area contributed by atoms with E-state index >= 15 is 0 Å². The van der Waals surface area contributed by atoms with Crippen molar-refractivity contribution >= 4 is 6.03 Å². The molecule has 0 radical (unpaired) electrons. The van der Waals surface area contributed by atoms with Crippen molar-refractivity contribution in [1.29, 1.82) is 0 Å². The first-order valence-corrected chi connectivity index (χ1v) is 10.2. The average molecular weight is 364 g/mol. The second-order valence-electron chi connectivity index (χ2n) is 7.13. The van der Waals surface area contributed by atoms with Gasteiger partial charge in [-0.3, -0.25) is 4.90 Å². The molecule has 0 bridgehead atoms. The summed E-state index contributed by atoms with van der Waals surface area (Å²) in [6.07, 6.45) is 7.38. The first kappa shape index (κ1) is 20.7. The third kappa shape index (κ3) is 6.27. The molecule has 146 valence electrons. The van der Waals surface area contributed by atoms with E-state index in [0.717, 1.165) is 32.6 Å². The molecule has 4 nitrogen and oxygen atoms in total. The highest BCUT2D eigenvalue weighted by molar-refractivity contribution is 5.74. The van der Waals surface area contributed by atoms with Gasteiger partial charge in [0, 0.05) is 38.8 Å². The maximum atomic E-state index is 13.3. The number of urea groups is 1. The third-order valence-corrected chi connectivity index (χ3v) is 5.21. The molecule has 5 heteroatoms. The molecule has 2 amide bonds. The predicted molar refractivity (Wildman–Crippen MR) is 105 cm³/mol. The second kappa shape index (κ2) is 11.2. The number of hydrogen-bond donors (Lipinski definition) is 1. The molecular weight excluding hydrogens is 329 g/mol. The van der Waals surface area contributed by atoms with Crippen molar-refractivity contribution in [2.45, 2.75) is 58.4 Å². The molecule has 1 N–H and O–H groups in total. The summed E-state index contributed by atoms with van der Waals surface area (Å²) in [6.45, 7) is 8.07. The van der Waals surface area contributed by atoms with E-state index in [1.165, 1.54) is 37.7 Å². The Labute approximate surface area is 157 Å². The van der Waals surface area contributed by atoms with Crippen LogP contribution >= 0.6 is 0 Å². The smallest absolute Gasteiger partial charge is 0.317 e. The largest absolute Gasteiger partial charge is 0.338 e. The Morgan fingerprint density at radius 3 is 2.31 bits per heavy atom. The Morgan fingerprint density at radius 2 is 1.69 bits per heavy atom. The number of benzene rings is 1. The fourth-order valence-electron chi connectivity index (χ4n) is 3.69. The summed E-state index contributed by atoms with van der Waals surface area (Å²) < 4.78 is 13.3. The minimum atomic E-state index is -0.184. The van der Waals surface area contributed by atoms with Crippen LogP contribution in [0.3, 0.4) is 0 Å². The first-order chi connectivity index (χ1) is 12.7. The topological polar surface area (TPSA) is 35.6 Å². The Kier molecular flexibility index (Phi) is 8.89. The highest BCUT2D eigenvalue weighted by Crippen LogP contribution is 2.28. The van der Waals surface area contributed by atoms with Gasteiger partial charge in [0.1, 0.15) is 5.82 Å². The van der Waals surface area contributed by atoms with Crippen LogP contribution in [0.2, 0.25) is 0 Å². The van der Waals surface area contributed by atoms with E-state index < -0.39 is 0 Å². The van der Waals surface area contributed by atoms with Gasteiger partial charge in [-0.15, -0.1) is 0 Å². The zero-order chi connectivity index (χ0) is 18.8. The van der Waals surface area contributed by atoms with Gasteiger partial charge in [0.05, 0.1) is 0 Å². The van der Waals surface area contributed by atoms with Crippen LogP contribution in [0.5, 0.6) is 0 Å². The van der Waals surface area contributed by atoms with Crippen LogP contribution in [-0.4, -0.2) is 48.6 Å². The number of nitrogens with one attached hydrogen (secondary N) is 1. The van der Waals surface area contributed by atoms with Crippen molar-refractivity contribution in [2.24, 2.45) is 0 Å². The van der Waals surface area contributed by atoms with Gasteiger partial charge in [0.25, 0.3) is 0 Å². The van der Waals surface area contributed by atoms with E-state index in [-0.39, 0.29) is 11.8 Å². The van der Waals surface area contributed by atoms with E-state index in [0.29, 0.717) is 12.6 Å². The summed E-state index contributed by atoms with van der Waals surface area (Å²) in [5.74, 6) is -0.184. The quantitative estimate of drug-likeness (QED) is 0.652. The Bertz CT molecular complexity index is 527. The number of amides is 2. The third-order valence-electron chi connectivity index (χ3n) is 5.21. The van der Waals surface area contributed by atoms with Gasteiger partial charge in [-0.05, 0) is 31.0 Å². The van der Waals surface area contributed by atoms with E-state index in [4.69, 9.17) is 0 Å². The van der Waals surface area contributed by atoms with Crippen LogP contribution in [-0.2, 0) is 0 Å². The normalized spacial score (nSPS) is 16.5. The Hall–Kier alpha value is -1.62. The van der Waals surface area contributed by atoms with Crippen molar-refractivity contribution in [3.63, 3.8) is 0 Å². The van der Waals surface area contributed by atoms with Gasteiger partial charge in [-0.2, -0.15) is 0 Å². The number of carbonyl (C=O) groups is 1. The summed E-state index contributed by atoms with van der Waals surface area (Å²) in [6, 6.07) is 7.30. The van der Waals surface area contributed by atoms with Crippen LogP contribution in [0.4, 0.5) is 9.18 Å². The molecule has 2 rings (SSSR count). The molecule has 26 heavy (non-hydrogen) atoms. The van der Waals surface area contributed by atoms with Crippen molar-refractivity contribution in [3.05, 3.63) is 35.6 Å². The molecule has 0 aromatic heterocycles. The van der Waals surface area contributed by atoms with Crippen LogP contribution in [0.25, 0.3) is 0 Å². The number of carbonyl (C=O) groups excluding carboxylic acids is 1. The van der Waals surface area contributed by atoms with E-state index in [1.807, 2.05) is 24.0 Å². The van der Waals surface area contributed by atoms with E-state index in [9.17, 15) is 9.18 Å². The van der Waals surface area contributed by atoms with Crippen LogP contribution in [0, 0.1) is 5.82 Å². The zero-order valence-electron chi connectivity index (χ0n) is 16.3. The minimum absolute atomic E-state index is 0.0325. The van der Waals surface area contributed by atoms with Crippen LogP contribution in [0.15, 0.2) is 24.3 Å². The standard InChI is InChI=1S/C21H34FN3O/c1-3-5-6-7-8-9-20(18-10-12-19(22)13-11-18)24-14-16-25(17-15-24)21(26)23-4-2/h10-13,20H,3-9,14-17H2,1-2H3,(H,23,26). The molecule has 1 fully saturated rings. The zero-order valence-corrected chi connectivity index (χ0v) is 16.3. The fourth-order valence-corrected chi connectivity index (χ4v) is 3.69. The second-order valence-corrected chi connectivity index (χ2v) is 7.13. The van der Waals surface area contributed by atoms with E-state index in [1.54, 1.807) is 12.1 Å². The molecule has 0 spiro atoms. The lowest BCUT2D eigenvalue weighted by atomic mass is 9.97. The molecule has 1 unspecified atom stereocenters. The van der Waals surface area contributed by atoms with Crippen molar-refractivity contribution in [1.82, 2.24) is 15.1 Å². The number of piperazine rings is 1. The van der Waals surface area contributed by atoms with Gasteiger partial charge in [-0.25, -0.2) is 9.18 Å². The molecule has 0 saturated carbocycles. The molecule has 1 aromatic rings. The first-order valence-electron chi connectivity index (χ1n) is 10.2. The number of rotatable bonds is 9. The van der Waals surface area contributed by atoms with E-state index in [2.05, 4.69) is 17.1 Å². The van der Waals surface area contributed by atoms with Gasteiger partial charge in [0.2, 0.25) is 0 Å². The molecule has 1 saturated heterocycles. The number of nitrogens with zero attached hydrogens (tertiary/aromatic N) is 2. The lowest BCUT2D eigenvalue weighted by Gasteiger charge is -2.39. The fraction of sp³-hybridized carbons (Fsp3) is 0.667. The Morgan fingerprint density at radius 1 is 1.04 bits per heavy atom. The van der Waals surface area contributed by atoms with Gasteiger partial charge in [-0.1, -0.05) is 51.2 Å². The monoisotopic (exact) mass is 363 g/mol. The summed E-state index contributed by atoms with van der Waals surface area (Å²) >= 11 is 0. The summed E-state index contributed by atoms with van der Waals surface area (Å²) in [5, 5.41) is 2.88. The van der Waals surface area contributed by atoms with Crippen molar-refractivity contribution in [3.8, 4) is 0 Å². The maximum absolute atomic E-state index is 13.3. The molecule has 0 aliphatic carbocycles. The number of hydrogen-bond acceptors (Lipinski definition) is 2. The Balaban J connectivity index is 1.95. The molecule has 1 heterocycles. The predicted octanol–water partition coefficient (Wildman–Crippen LogP) is 4.57. The number of halogens is 1. The van der Waals surface area contributed by atoms with Gasteiger partial charge >= 0.3 is 6.03 Å². The highest BCUT2D eigenvalue weighted by atomic mass is 19.1. The highest BCUT2D eigenvalue weighted by Gasteiger charge is 2.26. The van der Waals surface area contributed by atoms with Crippen molar-refractivity contribution < 1.29 is 9.18 Å².